The van der Waals surface area contributed by atoms with Gasteiger partial charge in [-0.25, -0.2) is 9.79 Å². The van der Waals surface area contributed by atoms with Crippen LogP contribution in [0.25, 0.3) is 16.8 Å². The average Bonchev–Trinajstić information content (AvgIpc) is 3.34. The summed E-state index contributed by atoms with van der Waals surface area (Å²) in [6.45, 7) is 6.22. The van der Waals surface area contributed by atoms with Crippen molar-refractivity contribution >= 4 is 73.3 Å². The Bertz CT molecular complexity index is 2240. The van der Waals surface area contributed by atoms with Crippen LogP contribution < -0.4 is 24.4 Å². The normalized spacial score (nSPS) is 14.6. The molecular weight excluding hydrogens is 723 g/mol. The number of benzene rings is 4. The first-order valence-corrected chi connectivity index (χ1v) is 17.3. The summed E-state index contributed by atoms with van der Waals surface area (Å²) in [4.78, 5) is 32.9. The number of aromatic nitrogens is 1. The van der Waals surface area contributed by atoms with E-state index in [0.29, 0.717) is 58.8 Å². The number of carbonyl (C=O) groups is 1. The van der Waals surface area contributed by atoms with Crippen molar-refractivity contribution in [2.45, 2.75) is 33.4 Å². The van der Waals surface area contributed by atoms with Crippen molar-refractivity contribution in [3.63, 3.8) is 0 Å². The molecule has 0 saturated carbocycles. The first kappa shape index (κ1) is 33.0. The summed E-state index contributed by atoms with van der Waals surface area (Å²) in [5, 5.41) is 2.98. The lowest BCUT2D eigenvalue weighted by Crippen LogP contribution is -2.40. The molecule has 1 aliphatic heterocycles. The summed E-state index contributed by atoms with van der Waals surface area (Å²) in [5.41, 5.74) is 2.88. The molecule has 4 aromatic carbocycles. The van der Waals surface area contributed by atoms with Gasteiger partial charge in [-0.3, -0.25) is 9.36 Å². The van der Waals surface area contributed by atoms with Gasteiger partial charge in [0.05, 0.1) is 39.5 Å². The molecule has 240 valence electrons. The Kier molecular flexibility index (Phi) is 9.89. The van der Waals surface area contributed by atoms with E-state index in [1.54, 1.807) is 36.6 Å². The van der Waals surface area contributed by atoms with Crippen LogP contribution in [0, 0.1) is 0 Å². The molecule has 0 N–H and O–H groups in total. The van der Waals surface area contributed by atoms with Crippen LogP contribution >= 0.6 is 50.5 Å². The second-order valence-electron chi connectivity index (χ2n) is 10.7. The Morgan fingerprint density at radius 2 is 1.81 bits per heavy atom. The Hall–Kier alpha value is -3.89. The number of carbonyl (C=O) groups excluding carboxylic acids is 1. The highest BCUT2D eigenvalue weighted by Gasteiger charge is 2.34. The number of esters is 1. The molecule has 2 heterocycles. The van der Waals surface area contributed by atoms with Crippen molar-refractivity contribution in [3.8, 4) is 11.5 Å². The fraction of sp³-hybridized carbons (Fsp3) is 0.194. The second kappa shape index (κ2) is 14.1. The number of rotatable bonds is 9. The quantitative estimate of drug-likeness (QED) is 0.143. The zero-order valence-electron chi connectivity index (χ0n) is 25.7. The van der Waals surface area contributed by atoms with E-state index in [-0.39, 0.29) is 18.8 Å². The molecule has 0 fully saturated rings. The molecular formula is C36H29BrCl2N2O5S. The first-order valence-electron chi connectivity index (χ1n) is 14.9. The van der Waals surface area contributed by atoms with E-state index in [2.05, 4.69) is 15.9 Å². The Labute approximate surface area is 293 Å². The van der Waals surface area contributed by atoms with E-state index in [1.807, 2.05) is 67.6 Å². The topological polar surface area (TPSA) is 79.1 Å². The van der Waals surface area contributed by atoms with Gasteiger partial charge in [0.15, 0.2) is 16.3 Å². The number of allylic oxidation sites excluding steroid dienone is 1. The summed E-state index contributed by atoms with van der Waals surface area (Å²) < 4.78 is 20.3. The van der Waals surface area contributed by atoms with Gasteiger partial charge in [-0.15, -0.1) is 0 Å². The highest BCUT2D eigenvalue weighted by atomic mass is 79.9. The molecule has 1 aromatic heterocycles. The molecule has 0 bridgehead atoms. The van der Waals surface area contributed by atoms with Gasteiger partial charge in [0, 0.05) is 15.6 Å². The third-order valence-electron chi connectivity index (χ3n) is 7.65. The predicted molar refractivity (Wildman–Crippen MR) is 190 cm³/mol. The van der Waals surface area contributed by atoms with Crippen LogP contribution in [-0.2, 0) is 16.1 Å². The number of halogens is 3. The fourth-order valence-corrected chi connectivity index (χ4v) is 7.67. The molecule has 0 unspecified atom stereocenters. The van der Waals surface area contributed by atoms with Crippen LogP contribution in [0.15, 0.2) is 98.3 Å². The van der Waals surface area contributed by atoms with Crippen LogP contribution in [0.3, 0.4) is 0 Å². The Morgan fingerprint density at radius 3 is 2.57 bits per heavy atom. The van der Waals surface area contributed by atoms with Crippen molar-refractivity contribution < 1.29 is 19.0 Å². The smallest absolute Gasteiger partial charge is 0.338 e. The van der Waals surface area contributed by atoms with Crippen molar-refractivity contribution in [2.75, 3.05) is 13.2 Å². The summed E-state index contributed by atoms with van der Waals surface area (Å²) in [7, 11) is 0. The third-order valence-corrected chi connectivity index (χ3v) is 9.81. The molecule has 0 radical (unpaired) electrons. The molecule has 0 aliphatic carbocycles. The van der Waals surface area contributed by atoms with E-state index in [4.69, 9.17) is 42.4 Å². The van der Waals surface area contributed by atoms with Gasteiger partial charge in [-0.2, -0.15) is 0 Å². The van der Waals surface area contributed by atoms with Crippen molar-refractivity contribution in [3.05, 3.63) is 135 Å². The van der Waals surface area contributed by atoms with E-state index in [1.165, 1.54) is 11.3 Å². The van der Waals surface area contributed by atoms with Crippen LogP contribution in [0.5, 0.6) is 11.5 Å². The van der Waals surface area contributed by atoms with Crippen molar-refractivity contribution in [1.82, 2.24) is 4.57 Å². The van der Waals surface area contributed by atoms with E-state index >= 15 is 0 Å². The van der Waals surface area contributed by atoms with Gasteiger partial charge in [-0.05, 0) is 88.9 Å². The van der Waals surface area contributed by atoms with Crippen LogP contribution in [0.1, 0.15) is 43.5 Å². The molecule has 0 amide bonds. The minimum absolute atomic E-state index is 0.197. The molecule has 11 heteroatoms. The predicted octanol–water partition coefficient (Wildman–Crippen LogP) is 8.00. The maximum Gasteiger partial charge on any atom is 0.338 e. The van der Waals surface area contributed by atoms with Gasteiger partial charge < -0.3 is 14.2 Å². The number of hydrogen-bond donors (Lipinski definition) is 0. The lowest BCUT2D eigenvalue weighted by atomic mass is 9.91. The zero-order chi connectivity index (χ0) is 33.2. The summed E-state index contributed by atoms with van der Waals surface area (Å²) >= 11 is 17.3. The Morgan fingerprint density at radius 1 is 1.02 bits per heavy atom. The lowest BCUT2D eigenvalue weighted by Gasteiger charge is -2.25. The number of nitrogens with zero attached hydrogens (tertiary/aromatic N) is 2. The number of fused-ring (bicyclic) bond motifs is 2. The van der Waals surface area contributed by atoms with Crippen molar-refractivity contribution in [2.24, 2.45) is 4.99 Å². The van der Waals surface area contributed by atoms with E-state index in [9.17, 15) is 9.59 Å². The van der Waals surface area contributed by atoms with Gasteiger partial charge in [0.25, 0.3) is 5.56 Å². The molecule has 0 spiro atoms. The zero-order valence-corrected chi connectivity index (χ0v) is 29.6. The molecule has 1 atom stereocenters. The summed E-state index contributed by atoms with van der Waals surface area (Å²) in [6, 6.07) is 22.0. The van der Waals surface area contributed by atoms with Gasteiger partial charge >= 0.3 is 5.97 Å². The summed E-state index contributed by atoms with van der Waals surface area (Å²) in [5.74, 6) is 0.504. The van der Waals surface area contributed by atoms with Gasteiger partial charge in [-0.1, -0.05) is 83.1 Å². The molecule has 47 heavy (non-hydrogen) atoms. The lowest BCUT2D eigenvalue weighted by molar-refractivity contribution is -0.139. The van der Waals surface area contributed by atoms with E-state index in [0.717, 1.165) is 21.9 Å². The number of ether oxygens (including phenoxy) is 3. The number of hydrogen-bond acceptors (Lipinski definition) is 7. The minimum Gasteiger partial charge on any atom is -0.490 e. The van der Waals surface area contributed by atoms with Crippen molar-refractivity contribution in [1.29, 1.82) is 0 Å². The molecule has 0 saturated heterocycles. The SMILES string of the molecule is CCOC(=O)C1=C(C)N=c2s/c(=C/c3cc(Br)c(OCc4ccc(Cl)cc4Cl)c(OCC)c3)c(=O)n2[C@H]1c1cccc2ccccc12. The third kappa shape index (κ3) is 6.63. The average molecular weight is 753 g/mol. The van der Waals surface area contributed by atoms with E-state index < -0.39 is 12.0 Å². The second-order valence-corrected chi connectivity index (χ2v) is 13.4. The largest absolute Gasteiger partial charge is 0.490 e. The number of thiazole rings is 1. The highest BCUT2D eigenvalue weighted by Crippen LogP contribution is 2.39. The minimum atomic E-state index is -0.722. The molecule has 1 aliphatic rings. The van der Waals surface area contributed by atoms with Gasteiger partial charge in [0.2, 0.25) is 0 Å². The van der Waals surface area contributed by atoms with Crippen LogP contribution in [0.4, 0.5) is 0 Å². The maximum atomic E-state index is 14.3. The maximum absolute atomic E-state index is 14.3. The molecule has 7 nitrogen and oxygen atoms in total. The molecule has 5 aromatic rings. The fourth-order valence-electron chi connectivity index (χ4n) is 5.59. The monoisotopic (exact) mass is 750 g/mol. The van der Waals surface area contributed by atoms with Crippen LogP contribution in [-0.4, -0.2) is 23.8 Å². The summed E-state index contributed by atoms with van der Waals surface area (Å²) in [6.07, 6.45) is 1.79. The van der Waals surface area contributed by atoms with Gasteiger partial charge in [0.1, 0.15) is 6.61 Å². The highest BCUT2D eigenvalue weighted by molar-refractivity contribution is 9.10. The standard InChI is InChI=1S/C36H29BrCl2N2O5S/c1-4-44-29-16-21(15-27(37)33(29)46-19-23-13-14-24(38)18-28(23)39)17-30-34(42)41-32(26-12-8-10-22-9-6-7-11-25(22)26)31(35(43)45-5-2)20(3)40-36(41)47-30/h6-18,32H,4-5,19H2,1-3H3/b30-17+/t32-/m0/s1. The Balaban J connectivity index is 1.46. The molecule has 6 rings (SSSR count). The van der Waals surface area contributed by atoms with Crippen LogP contribution in [0.2, 0.25) is 10.0 Å². The first-order chi connectivity index (χ1) is 22.7.